The molecule has 2 rings (SSSR count). The lowest BCUT2D eigenvalue weighted by atomic mass is 10.1. The molecule has 19 heavy (non-hydrogen) atoms. The third-order valence-electron chi connectivity index (χ3n) is 3.11. The zero-order valence-corrected chi connectivity index (χ0v) is 11.8. The van der Waals surface area contributed by atoms with Gasteiger partial charge in [0.1, 0.15) is 0 Å². The molecule has 2 atom stereocenters. The summed E-state index contributed by atoms with van der Waals surface area (Å²) in [6.45, 7) is 1.80. The molecule has 1 saturated heterocycles. The lowest BCUT2D eigenvalue weighted by Gasteiger charge is -2.29. The summed E-state index contributed by atoms with van der Waals surface area (Å²) in [6.07, 6.45) is 3.13. The zero-order valence-electron chi connectivity index (χ0n) is 11.1. The van der Waals surface area contributed by atoms with E-state index < -0.39 is 0 Å². The van der Waals surface area contributed by atoms with Gasteiger partial charge in [0.05, 0.1) is 25.9 Å². The molecule has 0 spiro atoms. The maximum absolute atomic E-state index is 5.82. The normalized spacial score (nSPS) is 23.4. The van der Waals surface area contributed by atoms with Crippen LogP contribution in [0, 0.1) is 0 Å². The van der Waals surface area contributed by atoms with Crippen molar-refractivity contribution < 1.29 is 14.2 Å². The molecule has 0 bridgehead atoms. The maximum atomic E-state index is 5.82. The Hall–Kier alpha value is -0.610. The van der Waals surface area contributed by atoms with Crippen LogP contribution in [-0.2, 0) is 20.8 Å². The van der Waals surface area contributed by atoms with Crippen LogP contribution in [0.5, 0.6) is 0 Å². The van der Waals surface area contributed by atoms with Crippen LogP contribution < -0.4 is 0 Å². The molecule has 1 heterocycles. The highest BCUT2D eigenvalue weighted by Crippen LogP contribution is 2.20. The van der Waals surface area contributed by atoms with Gasteiger partial charge in [-0.05, 0) is 24.8 Å². The summed E-state index contributed by atoms with van der Waals surface area (Å²) in [7, 11) is 0. The van der Waals surface area contributed by atoms with E-state index in [9.17, 15) is 0 Å². The van der Waals surface area contributed by atoms with Gasteiger partial charge in [0, 0.05) is 5.88 Å². The lowest BCUT2D eigenvalue weighted by molar-refractivity contribution is -0.202. The molecular formula is C15H21ClO3. The van der Waals surface area contributed by atoms with Gasteiger partial charge in [-0.25, -0.2) is 0 Å². The number of hydrogen-bond donors (Lipinski definition) is 0. The average molecular weight is 285 g/mol. The second-order valence-corrected chi connectivity index (χ2v) is 5.06. The van der Waals surface area contributed by atoms with E-state index in [1.54, 1.807) is 0 Å². The highest BCUT2D eigenvalue weighted by Gasteiger charge is 2.22. The number of benzene rings is 1. The van der Waals surface area contributed by atoms with Crippen LogP contribution in [0.2, 0.25) is 0 Å². The van der Waals surface area contributed by atoms with Crippen LogP contribution in [0.3, 0.4) is 0 Å². The first-order valence-corrected chi connectivity index (χ1v) is 7.36. The van der Waals surface area contributed by atoms with Crippen molar-refractivity contribution in [3.63, 3.8) is 0 Å². The molecule has 0 aromatic heterocycles. The second kappa shape index (κ2) is 8.54. The van der Waals surface area contributed by atoms with Crippen molar-refractivity contribution in [3.8, 4) is 0 Å². The summed E-state index contributed by atoms with van der Waals surface area (Å²) < 4.78 is 17.0. The molecular weight excluding hydrogens is 264 g/mol. The molecule has 3 nitrogen and oxygen atoms in total. The fourth-order valence-corrected chi connectivity index (χ4v) is 2.26. The van der Waals surface area contributed by atoms with E-state index in [0.717, 1.165) is 19.3 Å². The Morgan fingerprint density at radius 3 is 2.84 bits per heavy atom. The standard InChI is InChI=1S/C15H21ClO3/c16-9-10-18-15-8-4-7-14(19-15)12-17-11-13-5-2-1-3-6-13/h1-3,5-6,14-15H,4,7-12H2/t14-,15-/m0/s1. The highest BCUT2D eigenvalue weighted by atomic mass is 35.5. The van der Waals surface area contributed by atoms with Crippen molar-refractivity contribution in [1.29, 1.82) is 0 Å². The third-order valence-corrected chi connectivity index (χ3v) is 3.26. The van der Waals surface area contributed by atoms with Crippen LogP contribution in [0.15, 0.2) is 30.3 Å². The predicted molar refractivity (Wildman–Crippen MR) is 75.3 cm³/mol. The fraction of sp³-hybridized carbons (Fsp3) is 0.600. The van der Waals surface area contributed by atoms with Gasteiger partial charge in [0.15, 0.2) is 6.29 Å². The van der Waals surface area contributed by atoms with Gasteiger partial charge >= 0.3 is 0 Å². The Kier molecular flexibility index (Phi) is 6.65. The van der Waals surface area contributed by atoms with Crippen molar-refractivity contribution in [1.82, 2.24) is 0 Å². The molecule has 1 fully saturated rings. The molecule has 0 saturated carbocycles. The minimum absolute atomic E-state index is 0.113. The van der Waals surface area contributed by atoms with Gasteiger partial charge < -0.3 is 14.2 Å². The molecule has 4 heteroatoms. The van der Waals surface area contributed by atoms with Gasteiger partial charge in [0.2, 0.25) is 0 Å². The summed E-state index contributed by atoms with van der Waals surface area (Å²) in [6, 6.07) is 10.2. The summed E-state index contributed by atoms with van der Waals surface area (Å²) in [5, 5.41) is 0. The summed E-state index contributed by atoms with van der Waals surface area (Å²) in [5.74, 6) is 0.509. The Balaban J connectivity index is 1.65. The highest BCUT2D eigenvalue weighted by molar-refractivity contribution is 6.17. The van der Waals surface area contributed by atoms with Crippen molar-refractivity contribution >= 4 is 11.6 Å². The molecule has 0 unspecified atom stereocenters. The minimum atomic E-state index is -0.113. The molecule has 1 aliphatic heterocycles. The van der Waals surface area contributed by atoms with E-state index >= 15 is 0 Å². The molecule has 1 aromatic carbocycles. The second-order valence-electron chi connectivity index (χ2n) is 4.68. The zero-order chi connectivity index (χ0) is 13.3. The topological polar surface area (TPSA) is 27.7 Å². The molecule has 0 N–H and O–H groups in total. The summed E-state index contributed by atoms with van der Waals surface area (Å²) >= 11 is 5.60. The van der Waals surface area contributed by atoms with Crippen molar-refractivity contribution in [2.75, 3.05) is 19.1 Å². The number of hydrogen-bond acceptors (Lipinski definition) is 3. The lowest BCUT2D eigenvalue weighted by Crippen LogP contribution is -2.33. The van der Waals surface area contributed by atoms with Crippen LogP contribution >= 0.6 is 11.6 Å². The van der Waals surface area contributed by atoms with Crippen LogP contribution in [0.1, 0.15) is 24.8 Å². The SMILES string of the molecule is ClCCO[C@@H]1CCC[C@@H](COCc2ccccc2)O1. The van der Waals surface area contributed by atoms with E-state index in [0.29, 0.717) is 25.7 Å². The number of halogens is 1. The molecule has 1 aliphatic rings. The number of alkyl halides is 1. The summed E-state index contributed by atoms with van der Waals surface area (Å²) in [5.41, 5.74) is 1.19. The largest absolute Gasteiger partial charge is 0.374 e. The first-order chi connectivity index (χ1) is 9.38. The van der Waals surface area contributed by atoms with Crippen molar-refractivity contribution in [2.45, 2.75) is 38.3 Å². The summed E-state index contributed by atoms with van der Waals surface area (Å²) in [4.78, 5) is 0. The maximum Gasteiger partial charge on any atom is 0.158 e. The fourth-order valence-electron chi connectivity index (χ4n) is 2.17. The Labute approximate surface area is 119 Å². The monoisotopic (exact) mass is 284 g/mol. The van der Waals surface area contributed by atoms with Gasteiger partial charge in [0.25, 0.3) is 0 Å². The Bertz CT molecular complexity index is 345. The predicted octanol–water partition coefficient (Wildman–Crippen LogP) is 3.35. The van der Waals surface area contributed by atoms with E-state index in [-0.39, 0.29) is 12.4 Å². The first-order valence-electron chi connectivity index (χ1n) is 6.83. The quantitative estimate of drug-likeness (QED) is 0.719. The van der Waals surface area contributed by atoms with E-state index in [2.05, 4.69) is 12.1 Å². The Morgan fingerprint density at radius 1 is 1.21 bits per heavy atom. The van der Waals surface area contributed by atoms with E-state index in [1.165, 1.54) is 5.56 Å². The van der Waals surface area contributed by atoms with Crippen LogP contribution in [-0.4, -0.2) is 31.5 Å². The van der Waals surface area contributed by atoms with E-state index in [4.69, 9.17) is 25.8 Å². The van der Waals surface area contributed by atoms with Crippen molar-refractivity contribution in [3.05, 3.63) is 35.9 Å². The number of ether oxygens (including phenoxy) is 3. The molecule has 0 aliphatic carbocycles. The minimum Gasteiger partial charge on any atom is -0.374 e. The molecule has 106 valence electrons. The first kappa shape index (κ1) is 14.8. The third kappa shape index (κ3) is 5.49. The van der Waals surface area contributed by atoms with E-state index in [1.807, 2.05) is 18.2 Å². The van der Waals surface area contributed by atoms with Crippen LogP contribution in [0.4, 0.5) is 0 Å². The molecule has 0 radical (unpaired) electrons. The van der Waals surface area contributed by atoms with Gasteiger partial charge in [-0.1, -0.05) is 30.3 Å². The Morgan fingerprint density at radius 2 is 2.05 bits per heavy atom. The number of rotatable bonds is 7. The van der Waals surface area contributed by atoms with Crippen LogP contribution in [0.25, 0.3) is 0 Å². The van der Waals surface area contributed by atoms with Gasteiger partial charge in [-0.15, -0.1) is 11.6 Å². The molecule has 0 amide bonds. The molecule has 1 aromatic rings. The average Bonchev–Trinajstić information content (AvgIpc) is 2.47. The van der Waals surface area contributed by atoms with Gasteiger partial charge in [-0.3, -0.25) is 0 Å². The smallest absolute Gasteiger partial charge is 0.158 e. The van der Waals surface area contributed by atoms with Crippen molar-refractivity contribution in [2.24, 2.45) is 0 Å². The van der Waals surface area contributed by atoms with Gasteiger partial charge in [-0.2, -0.15) is 0 Å².